The third-order valence-corrected chi connectivity index (χ3v) is 2.90. The Morgan fingerprint density at radius 3 is 2.83 bits per heavy atom. The van der Waals surface area contributed by atoms with Crippen LogP contribution in [0.1, 0.15) is 5.56 Å². The van der Waals surface area contributed by atoms with E-state index in [9.17, 15) is 5.11 Å². The molecular formula is C14H12N2O2. The molecule has 0 spiro atoms. The van der Waals surface area contributed by atoms with Crippen molar-refractivity contribution in [2.45, 2.75) is 6.92 Å². The van der Waals surface area contributed by atoms with Crippen molar-refractivity contribution in [1.29, 1.82) is 0 Å². The molecule has 2 heterocycles. The molecule has 0 saturated carbocycles. The maximum Gasteiger partial charge on any atom is 0.151 e. The number of rotatable bonds is 2. The third-order valence-electron chi connectivity index (χ3n) is 2.90. The Morgan fingerprint density at radius 1 is 1.22 bits per heavy atom. The number of aromatic nitrogens is 2. The topological polar surface area (TPSA) is 62.1 Å². The van der Waals surface area contributed by atoms with Gasteiger partial charge in [0.2, 0.25) is 0 Å². The molecule has 0 bridgehead atoms. The van der Waals surface area contributed by atoms with Crippen LogP contribution in [0, 0.1) is 6.92 Å². The Bertz CT molecular complexity index is 669. The lowest BCUT2D eigenvalue weighted by Crippen LogP contribution is -1.81. The Kier molecular flexibility index (Phi) is 2.41. The molecule has 0 aliphatic heterocycles. The minimum absolute atomic E-state index is 0.231. The average molecular weight is 240 g/mol. The van der Waals surface area contributed by atoms with Crippen molar-refractivity contribution in [3.8, 4) is 28.5 Å². The standard InChI is InChI=1S/C14H12N2O2/c1-9-13(10-4-2-5-11(17)8-10)15-16-14(9)12-6-3-7-18-12/h2-8,17H,1H3,(H,15,16). The highest BCUT2D eigenvalue weighted by Gasteiger charge is 2.14. The minimum atomic E-state index is 0.231. The van der Waals surface area contributed by atoms with Crippen LogP contribution < -0.4 is 0 Å². The van der Waals surface area contributed by atoms with Gasteiger partial charge in [0.15, 0.2) is 5.76 Å². The molecule has 0 fully saturated rings. The second-order valence-corrected chi connectivity index (χ2v) is 4.10. The van der Waals surface area contributed by atoms with Crippen molar-refractivity contribution in [2.24, 2.45) is 0 Å². The molecule has 90 valence electrons. The first kappa shape index (κ1) is 10.7. The van der Waals surface area contributed by atoms with Crippen molar-refractivity contribution in [3.63, 3.8) is 0 Å². The van der Waals surface area contributed by atoms with E-state index in [1.807, 2.05) is 25.1 Å². The molecule has 0 saturated heterocycles. The number of aromatic amines is 1. The summed E-state index contributed by atoms with van der Waals surface area (Å²) >= 11 is 0. The molecule has 0 aliphatic carbocycles. The van der Waals surface area contributed by atoms with Crippen LogP contribution in [-0.2, 0) is 0 Å². The molecule has 2 N–H and O–H groups in total. The van der Waals surface area contributed by atoms with E-state index in [2.05, 4.69) is 10.2 Å². The van der Waals surface area contributed by atoms with Gasteiger partial charge in [-0.1, -0.05) is 12.1 Å². The fraction of sp³-hybridized carbons (Fsp3) is 0.0714. The van der Waals surface area contributed by atoms with Crippen molar-refractivity contribution in [1.82, 2.24) is 10.2 Å². The molecular weight excluding hydrogens is 228 g/mol. The number of aromatic hydroxyl groups is 1. The summed E-state index contributed by atoms with van der Waals surface area (Å²) in [5.41, 5.74) is 3.55. The highest BCUT2D eigenvalue weighted by molar-refractivity contribution is 5.72. The van der Waals surface area contributed by atoms with E-state index in [0.717, 1.165) is 28.3 Å². The number of benzene rings is 1. The van der Waals surface area contributed by atoms with Crippen LogP contribution >= 0.6 is 0 Å². The average Bonchev–Trinajstić information content (AvgIpc) is 2.97. The predicted octanol–water partition coefficient (Wildman–Crippen LogP) is 3.35. The van der Waals surface area contributed by atoms with Crippen molar-refractivity contribution < 1.29 is 9.52 Å². The number of hydrogen-bond donors (Lipinski definition) is 2. The highest BCUT2D eigenvalue weighted by atomic mass is 16.3. The zero-order chi connectivity index (χ0) is 12.5. The molecule has 18 heavy (non-hydrogen) atoms. The van der Waals surface area contributed by atoms with Crippen LogP contribution in [0.5, 0.6) is 5.75 Å². The smallest absolute Gasteiger partial charge is 0.151 e. The quantitative estimate of drug-likeness (QED) is 0.722. The summed E-state index contributed by atoms with van der Waals surface area (Å²) in [7, 11) is 0. The van der Waals surface area contributed by atoms with E-state index < -0.39 is 0 Å². The van der Waals surface area contributed by atoms with Crippen LogP contribution in [0.2, 0.25) is 0 Å². The van der Waals surface area contributed by atoms with Gasteiger partial charge in [0.05, 0.1) is 12.0 Å². The monoisotopic (exact) mass is 240 g/mol. The van der Waals surface area contributed by atoms with Crippen molar-refractivity contribution in [3.05, 3.63) is 48.2 Å². The Morgan fingerprint density at radius 2 is 2.11 bits per heavy atom. The second-order valence-electron chi connectivity index (χ2n) is 4.10. The lowest BCUT2D eigenvalue weighted by Gasteiger charge is -2.00. The van der Waals surface area contributed by atoms with Gasteiger partial charge in [-0.3, -0.25) is 5.10 Å². The maximum absolute atomic E-state index is 9.50. The fourth-order valence-corrected chi connectivity index (χ4v) is 1.99. The van der Waals surface area contributed by atoms with E-state index in [-0.39, 0.29) is 5.75 Å². The van der Waals surface area contributed by atoms with Crippen LogP contribution in [0.25, 0.3) is 22.7 Å². The molecule has 0 atom stereocenters. The summed E-state index contributed by atoms with van der Waals surface area (Å²) in [6.45, 7) is 1.97. The van der Waals surface area contributed by atoms with Gasteiger partial charge in [-0.25, -0.2) is 0 Å². The predicted molar refractivity (Wildman–Crippen MR) is 68.1 cm³/mol. The summed E-state index contributed by atoms with van der Waals surface area (Å²) in [5, 5.41) is 16.8. The lowest BCUT2D eigenvalue weighted by atomic mass is 10.1. The fourth-order valence-electron chi connectivity index (χ4n) is 1.99. The third kappa shape index (κ3) is 1.68. The highest BCUT2D eigenvalue weighted by Crippen LogP contribution is 2.30. The number of phenols is 1. The molecule has 4 nitrogen and oxygen atoms in total. The van der Waals surface area contributed by atoms with Gasteiger partial charge >= 0.3 is 0 Å². The molecule has 0 aliphatic rings. The number of H-pyrrole nitrogens is 1. The summed E-state index contributed by atoms with van der Waals surface area (Å²) in [4.78, 5) is 0. The second kappa shape index (κ2) is 4.07. The molecule has 0 amide bonds. The zero-order valence-electron chi connectivity index (χ0n) is 9.84. The van der Waals surface area contributed by atoms with Gasteiger partial charge in [0.1, 0.15) is 11.4 Å². The molecule has 4 heteroatoms. The van der Waals surface area contributed by atoms with E-state index in [1.165, 1.54) is 0 Å². The molecule has 3 rings (SSSR count). The number of nitrogens with one attached hydrogen (secondary N) is 1. The number of phenolic OH excluding ortho intramolecular Hbond substituents is 1. The molecule has 2 aromatic heterocycles. The van der Waals surface area contributed by atoms with Crippen molar-refractivity contribution >= 4 is 0 Å². The van der Waals surface area contributed by atoms with Crippen molar-refractivity contribution in [2.75, 3.05) is 0 Å². The SMILES string of the molecule is Cc1c(-c2cccc(O)c2)n[nH]c1-c1ccco1. The molecule has 1 aromatic carbocycles. The first-order valence-electron chi connectivity index (χ1n) is 5.64. The van der Waals surface area contributed by atoms with Crippen LogP contribution in [-0.4, -0.2) is 15.3 Å². The molecule has 0 radical (unpaired) electrons. The minimum Gasteiger partial charge on any atom is -0.508 e. The van der Waals surface area contributed by atoms with Crippen LogP contribution in [0.15, 0.2) is 47.1 Å². The van der Waals surface area contributed by atoms with E-state index >= 15 is 0 Å². The Labute approximate surface area is 104 Å². The van der Waals surface area contributed by atoms with Gasteiger partial charge in [0.25, 0.3) is 0 Å². The molecule has 0 unspecified atom stereocenters. The first-order valence-corrected chi connectivity index (χ1v) is 5.64. The van der Waals surface area contributed by atoms with E-state index in [4.69, 9.17) is 4.42 Å². The van der Waals surface area contributed by atoms with Crippen LogP contribution in [0.4, 0.5) is 0 Å². The van der Waals surface area contributed by atoms with Gasteiger partial charge < -0.3 is 9.52 Å². The normalized spacial score (nSPS) is 10.7. The van der Waals surface area contributed by atoms with Crippen LogP contribution in [0.3, 0.4) is 0 Å². The summed E-state index contributed by atoms with van der Waals surface area (Å²) in [5.74, 6) is 0.987. The zero-order valence-corrected chi connectivity index (χ0v) is 9.84. The summed E-state index contributed by atoms with van der Waals surface area (Å²) in [6.07, 6.45) is 1.63. The Hall–Kier alpha value is -2.49. The van der Waals surface area contributed by atoms with E-state index in [1.54, 1.807) is 24.5 Å². The van der Waals surface area contributed by atoms with Gasteiger partial charge in [-0.2, -0.15) is 5.10 Å². The number of furan rings is 1. The largest absolute Gasteiger partial charge is 0.508 e. The summed E-state index contributed by atoms with van der Waals surface area (Å²) < 4.78 is 5.35. The number of hydrogen-bond acceptors (Lipinski definition) is 3. The van der Waals surface area contributed by atoms with Gasteiger partial charge in [-0.15, -0.1) is 0 Å². The van der Waals surface area contributed by atoms with E-state index in [0.29, 0.717) is 0 Å². The number of nitrogens with zero attached hydrogens (tertiary/aromatic N) is 1. The first-order chi connectivity index (χ1) is 8.75. The maximum atomic E-state index is 9.50. The Balaban J connectivity index is 2.10. The lowest BCUT2D eigenvalue weighted by molar-refractivity contribution is 0.475. The van der Waals surface area contributed by atoms with Gasteiger partial charge in [-0.05, 0) is 31.2 Å². The van der Waals surface area contributed by atoms with Gasteiger partial charge in [0, 0.05) is 11.1 Å². The summed E-state index contributed by atoms with van der Waals surface area (Å²) in [6, 6.07) is 10.8. The molecule has 3 aromatic rings.